The van der Waals surface area contributed by atoms with E-state index in [0.717, 1.165) is 28.6 Å². The molecule has 2 aromatic carbocycles. The summed E-state index contributed by atoms with van der Waals surface area (Å²) in [5.41, 5.74) is 2.64. The van der Waals surface area contributed by atoms with Gasteiger partial charge in [-0.15, -0.1) is 0 Å². The largest absolute Gasteiger partial charge is 0.483 e. The van der Waals surface area contributed by atoms with Gasteiger partial charge in [0.05, 0.1) is 5.52 Å². The molecule has 28 heavy (non-hydrogen) atoms. The van der Waals surface area contributed by atoms with Crippen LogP contribution in [0.4, 0.5) is 5.69 Å². The quantitative estimate of drug-likeness (QED) is 0.621. The van der Waals surface area contributed by atoms with Crippen molar-refractivity contribution in [3.8, 4) is 5.75 Å². The average molecular weight is 378 g/mol. The van der Waals surface area contributed by atoms with Crippen LogP contribution in [-0.2, 0) is 11.3 Å². The van der Waals surface area contributed by atoms with Gasteiger partial charge in [0, 0.05) is 30.2 Å². The van der Waals surface area contributed by atoms with Gasteiger partial charge in [0.1, 0.15) is 5.75 Å². The monoisotopic (exact) mass is 378 g/mol. The van der Waals surface area contributed by atoms with Gasteiger partial charge < -0.3 is 14.2 Å². The van der Waals surface area contributed by atoms with Gasteiger partial charge in [-0.25, -0.2) is 0 Å². The first-order valence-electron chi connectivity index (χ1n) is 9.67. The van der Waals surface area contributed by atoms with Gasteiger partial charge in [-0.3, -0.25) is 9.59 Å². The van der Waals surface area contributed by atoms with Crippen molar-refractivity contribution >= 4 is 22.5 Å². The molecule has 0 unspecified atom stereocenters. The number of carbonyl (C=O) groups excluding carboxylic acids is 1. The van der Waals surface area contributed by atoms with Crippen LogP contribution in [0.5, 0.6) is 5.75 Å². The zero-order valence-corrected chi connectivity index (χ0v) is 16.6. The number of fused-ring (bicyclic) bond motifs is 1. The smallest absolute Gasteiger partial charge is 0.264 e. The molecule has 0 aliphatic carbocycles. The van der Waals surface area contributed by atoms with E-state index in [1.54, 1.807) is 9.47 Å². The summed E-state index contributed by atoms with van der Waals surface area (Å²) in [6.45, 7) is 7.05. The predicted molar refractivity (Wildman–Crippen MR) is 113 cm³/mol. The summed E-state index contributed by atoms with van der Waals surface area (Å²) >= 11 is 0. The molecule has 0 saturated carbocycles. The highest BCUT2D eigenvalue weighted by atomic mass is 16.5. The van der Waals surface area contributed by atoms with Crippen molar-refractivity contribution in [2.45, 2.75) is 33.7 Å². The summed E-state index contributed by atoms with van der Waals surface area (Å²) in [7, 11) is 0. The molecule has 0 aliphatic rings. The van der Waals surface area contributed by atoms with Gasteiger partial charge in [0.15, 0.2) is 6.61 Å². The number of carbonyl (C=O) groups is 1. The molecule has 0 radical (unpaired) electrons. The van der Waals surface area contributed by atoms with Crippen molar-refractivity contribution in [2.24, 2.45) is 0 Å². The lowest BCUT2D eigenvalue weighted by atomic mass is 10.2. The summed E-state index contributed by atoms with van der Waals surface area (Å²) in [6.07, 6.45) is 0.842. The maximum atomic E-state index is 12.9. The molecular formula is C23H26N2O3. The fourth-order valence-corrected chi connectivity index (χ4v) is 3.38. The number of pyridine rings is 1. The molecule has 1 heterocycles. The summed E-state index contributed by atoms with van der Waals surface area (Å²) in [5.74, 6) is 0.315. The Morgan fingerprint density at radius 3 is 2.57 bits per heavy atom. The fourth-order valence-electron chi connectivity index (χ4n) is 3.38. The van der Waals surface area contributed by atoms with Crippen LogP contribution in [-0.4, -0.2) is 23.6 Å². The van der Waals surface area contributed by atoms with Crippen molar-refractivity contribution in [3.63, 3.8) is 0 Å². The van der Waals surface area contributed by atoms with E-state index in [1.165, 1.54) is 6.07 Å². The highest BCUT2D eigenvalue weighted by Gasteiger charge is 2.17. The Hall–Kier alpha value is -3.08. The number of para-hydroxylation sites is 1. The lowest BCUT2D eigenvalue weighted by Crippen LogP contribution is -2.35. The summed E-state index contributed by atoms with van der Waals surface area (Å²) in [5, 5.41) is 0.828. The Labute approximate surface area is 165 Å². The van der Waals surface area contributed by atoms with Gasteiger partial charge in [-0.2, -0.15) is 0 Å². The molecule has 0 atom stereocenters. The first-order chi connectivity index (χ1) is 13.5. The van der Waals surface area contributed by atoms with Crippen molar-refractivity contribution in [1.82, 2.24) is 4.57 Å². The second-order valence-electron chi connectivity index (χ2n) is 6.78. The third-order valence-corrected chi connectivity index (χ3v) is 4.71. The van der Waals surface area contributed by atoms with E-state index in [2.05, 4.69) is 0 Å². The van der Waals surface area contributed by atoms with Gasteiger partial charge in [0.25, 0.3) is 11.5 Å². The highest BCUT2D eigenvalue weighted by Crippen LogP contribution is 2.24. The SMILES string of the molecule is CCCN(C(=O)COc1cc(=O)n(CC)c2ccccc12)c1cccc(C)c1. The minimum atomic E-state index is -0.132. The van der Waals surface area contributed by atoms with Crippen molar-refractivity contribution in [2.75, 3.05) is 18.1 Å². The lowest BCUT2D eigenvalue weighted by Gasteiger charge is -2.23. The number of aromatic nitrogens is 1. The van der Waals surface area contributed by atoms with E-state index in [4.69, 9.17) is 4.74 Å². The Kier molecular flexibility index (Phi) is 6.14. The highest BCUT2D eigenvalue weighted by molar-refractivity contribution is 5.95. The van der Waals surface area contributed by atoms with E-state index in [-0.39, 0.29) is 18.1 Å². The third-order valence-electron chi connectivity index (χ3n) is 4.71. The molecule has 0 spiro atoms. The van der Waals surface area contributed by atoms with E-state index in [1.807, 2.05) is 69.3 Å². The van der Waals surface area contributed by atoms with Gasteiger partial charge >= 0.3 is 0 Å². The minimum absolute atomic E-state index is 0.118. The minimum Gasteiger partial charge on any atom is -0.483 e. The number of aryl methyl sites for hydroxylation is 2. The third kappa shape index (κ3) is 4.09. The molecule has 0 fully saturated rings. The van der Waals surface area contributed by atoms with E-state index in [0.29, 0.717) is 18.8 Å². The number of amides is 1. The van der Waals surface area contributed by atoms with Crippen LogP contribution in [0.1, 0.15) is 25.8 Å². The zero-order chi connectivity index (χ0) is 20.1. The Morgan fingerprint density at radius 2 is 1.86 bits per heavy atom. The van der Waals surface area contributed by atoms with Crippen molar-refractivity contribution in [3.05, 3.63) is 70.5 Å². The summed E-state index contributed by atoms with van der Waals surface area (Å²) in [4.78, 5) is 27.0. The van der Waals surface area contributed by atoms with Crippen molar-refractivity contribution in [1.29, 1.82) is 0 Å². The second-order valence-corrected chi connectivity index (χ2v) is 6.78. The first-order valence-corrected chi connectivity index (χ1v) is 9.67. The second kappa shape index (κ2) is 8.74. The van der Waals surface area contributed by atoms with Crippen LogP contribution < -0.4 is 15.2 Å². The number of nitrogens with zero attached hydrogens (tertiary/aromatic N) is 2. The molecule has 0 saturated heterocycles. The maximum Gasteiger partial charge on any atom is 0.264 e. The van der Waals surface area contributed by atoms with E-state index < -0.39 is 0 Å². The van der Waals surface area contributed by atoms with Crippen LogP contribution in [0, 0.1) is 6.92 Å². The normalized spacial score (nSPS) is 10.8. The molecule has 5 heteroatoms. The van der Waals surface area contributed by atoms with Gasteiger partial charge in [0.2, 0.25) is 0 Å². The molecule has 3 rings (SSSR count). The molecule has 0 bridgehead atoms. The first kappa shape index (κ1) is 19.7. The summed E-state index contributed by atoms with van der Waals surface area (Å²) < 4.78 is 7.53. The van der Waals surface area contributed by atoms with E-state index >= 15 is 0 Å². The Bertz CT molecular complexity index is 1040. The molecule has 1 amide bonds. The Morgan fingerprint density at radius 1 is 1.07 bits per heavy atom. The predicted octanol–water partition coefficient (Wildman–Crippen LogP) is 4.15. The molecule has 5 nitrogen and oxygen atoms in total. The van der Waals surface area contributed by atoms with Crippen LogP contribution in [0.3, 0.4) is 0 Å². The number of rotatable bonds is 7. The van der Waals surface area contributed by atoms with Crippen LogP contribution in [0.15, 0.2) is 59.4 Å². The molecule has 0 aliphatic heterocycles. The standard InChI is InChI=1S/C23H26N2O3/c1-4-13-25(18-10-8-9-17(3)14-18)23(27)16-28-21-15-22(26)24(5-2)20-12-7-6-11-19(20)21/h6-12,14-15H,4-5,13,16H2,1-3H3. The van der Waals surface area contributed by atoms with Gasteiger partial charge in [-0.1, -0.05) is 31.2 Å². The fraction of sp³-hybridized carbons (Fsp3) is 0.304. The number of hydrogen-bond acceptors (Lipinski definition) is 3. The maximum absolute atomic E-state index is 12.9. The Balaban J connectivity index is 1.86. The van der Waals surface area contributed by atoms with E-state index in [9.17, 15) is 9.59 Å². The van der Waals surface area contributed by atoms with Crippen LogP contribution in [0.25, 0.3) is 10.9 Å². The van der Waals surface area contributed by atoms with Crippen LogP contribution in [0.2, 0.25) is 0 Å². The molecular weight excluding hydrogens is 352 g/mol. The van der Waals surface area contributed by atoms with Crippen LogP contribution >= 0.6 is 0 Å². The zero-order valence-electron chi connectivity index (χ0n) is 16.6. The number of hydrogen-bond donors (Lipinski definition) is 0. The number of ether oxygens (including phenoxy) is 1. The molecule has 3 aromatic rings. The van der Waals surface area contributed by atoms with Crippen molar-refractivity contribution < 1.29 is 9.53 Å². The number of benzene rings is 2. The average Bonchev–Trinajstić information content (AvgIpc) is 2.70. The summed E-state index contributed by atoms with van der Waals surface area (Å²) in [6, 6.07) is 16.9. The molecule has 1 aromatic heterocycles. The molecule has 146 valence electrons. The topological polar surface area (TPSA) is 51.5 Å². The van der Waals surface area contributed by atoms with Gasteiger partial charge in [-0.05, 0) is 50.1 Å². The number of anilines is 1. The lowest BCUT2D eigenvalue weighted by molar-refractivity contribution is -0.120. The molecule has 0 N–H and O–H groups in total.